The van der Waals surface area contributed by atoms with Gasteiger partial charge in [0.25, 0.3) is 5.91 Å². The minimum atomic E-state index is -0.660. The van der Waals surface area contributed by atoms with Gasteiger partial charge < -0.3 is 9.64 Å². The summed E-state index contributed by atoms with van der Waals surface area (Å²) >= 11 is 0. The van der Waals surface area contributed by atoms with Crippen LogP contribution in [0.4, 0.5) is 10.1 Å². The monoisotopic (exact) mass is 430 g/mol. The molecule has 2 aromatic heterocycles. The van der Waals surface area contributed by atoms with Crippen molar-refractivity contribution in [3.8, 4) is 5.75 Å². The fraction of sp³-hybridized carbons (Fsp3) is 0.350. The summed E-state index contributed by atoms with van der Waals surface area (Å²) in [5, 5.41) is 19.7. The molecular weight excluding hydrogens is 407 g/mol. The molecule has 3 rings (SSSR count). The molecule has 0 aliphatic heterocycles. The second kappa shape index (κ2) is 8.94. The second-order valence-electron chi connectivity index (χ2n) is 7.01. The Morgan fingerprint density at radius 2 is 2.03 bits per heavy atom. The van der Waals surface area contributed by atoms with Gasteiger partial charge in [0.1, 0.15) is 5.82 Å². The number of hydrogen-bond acceptors (Lipinski definition) is 6. The Kier molecular flexibility index (Phi) is 6.33. The van der Waals surface area contributed by atoms with Gasteiger partial charge >= 0.3 is 5.69 Å². The summed E-state index contributed by atoms with van der Waals surface area (Å²) < 4.78 is 22.0. The van der Waals surface area contributed by atoms with Crippen LogP contribution < -0.4 is 4.74 Å². The molecule has 2 heterocycles. The number of benzene rings is 1. The van der Waals surface area contributed by atoms with Crippen molar-refractivity contribution in [2.24, 2.45) is 0 Å². The van der Waals surface area contributed by atoms with Crippen molar-refractivity contribution in [2.75, 3.05) is 7.05 Å². The zero-order valence-corrected chi connectivity index (χ0v) is 17.7. The lowest BCUT2D eigenvalue weighted by Gasteiger charge is -2.16. The zero-order chi connectivity index (χ0) is 22.7. The summed E-state index contributed by atoms with van der Waals surface area (Å²) in [4.78, 5) is 24.7. The standard InChI is InChI=1S/C20H23FN6O4/c1-5-26-14(3)16(13(2)22-26)11-24(4)20(28)17-8-9-25(23-17)12-31-19-10-15(21)6-7-18(19)27(29)30/h6-10H,5,11-12H2,1-4H3. The van der Waals surface area contributed by atoms with Crippen LogP contribution in [0.1, 0.15) is 34.4 Å². The molecule has 10 nitrogen and oxygen atoms in total. The molecule has 164 valence electrons. The number of carbonyl (C=O) groups excluding carboxylic acids is 1. The van der Waals surface area contributed by atoms with E-state index in [4.69, 9.17) is 4.74 Å². The number of hydrogen-bond donors (Lipinski definition) is 0. The first kappa shape index (κ1) is 21.9. The van der Waals surface area contributed by atoms with E-state index in [2.05, 4.69) is 10.2 Å². The molecule has 0 aliphatic carbocycles. The van der Waals surface area contributed by atoms with Crippen LogP contribution in [0.2, 0.25) is 0 Å². The largest absolute Gasteiger partial charge is 0.464 e. The number of ether oxygens (including phenoxy) is 1. The molecule has 0 saturated carbocycles. The van der Waals surface area contributed by atoms with E-state index >= 15 is 0 Å². The van der Waals surface area contributed by atoms with E-state index in [0.29, 0.717) is 6.54 Å². The average Bonchev–Trinajstić information content (AvgIpc) is 3.31. The van der Waals surface area contributed by atoms with Crippen molar-refractivity contribution in [1.82, 2.24) is 24.5 Å². The number of halogens is 1. The molecule has 31 heavy (non-hydrogen) atoms. The third kappa shape index (κ3) is 4.71. The Hall–Kier alpha value is -3.76. The van der Waals surface area contributed by atoms with Gasteiger partial charge in [-0.25, -0.2) is 9.07 Å². The van der Waals surface area contributed by atoms with Gasteiger partial charge in [-0.2, -0.15) is 10.2 Å². The summed E-state index contributed by atoms with van der Waals surface area (Å²) in [6.07, 6.45) is 1.51. The maximum Gasteiger partial charge on any atom is 0.311 e. The third-order valence-electron chi connectivity index (χ3n) is 4.90. The summed E-state index contributed by atoms with van der Waals surface area (Å²) in [7, 11) is 1.68. The Balaban J connectivity index is 1.68. The van der Waals surface area contributed by atoms with Crippen molar-refractivity contribution in [3.05, 3.63) is 69.0 Å². The number of aromatic nitrogens is 4. The first-order valence-electron chi connectivity index (χ1n) is 9.59. The highest BCUT2D eigenvalue weighted by atomic mass is 19.1. The van der Waals surface area contributed by atoms with Crippen LogP contribution in [0.25, 0.3) is 0 Å². The van der Waals surface area contributed by atoms with Crippen LogP contribution in [0.3, 0.4) is 0 Å². The van der Waals surface area contributed by atoms with E-state index in [9.17, 15) is 19.3 Å². The lowest BCUT2D eigenvalue weighted by Crippen LogP contribution is -2.27. The van der Waals surface area contributed by atoms with E-state index in [1.165, 1.54) is 16.9 Å². The summed E-state index contributed by atoms with van der Waals surface area (Å²) in [6.45, 7) is 6.79. The third-order valence-corrected chi connectivity index (χ3v) is 4.90. The van der Waals surface area contributed by atoms with E-state index < -0.39 is 10.7 Å². The number of aryl methyl sites for hydroxylation is 2. The quantitative estimate of drug-likeness (QED) is 0.401. The number of nitrogens with zero attached hydrogens (tertiary/aromatic N) is 6. The van der Waals surface area contributed by atoms with Crippen molar-refractivity contribution in [1.29, 1.82) is 0 Å². The van der Waals surface area contributed by atoms with Gasteiger partial charge in [0, 0.05) is 49.7 Å². The Bertz CT molecular complexity index is 1120. The summed E-state index contributed by atoms with van der Waals surface area (Å²) in [5.74, 6) is -1.17. The van der Waals surface area contributed by atoms with Crippen molar-refractivity contribution in [3.63, 3.8) is 0 Å². The maximum atomic E-state index is 13.4. The average molecular weight is 430 g/mol. The van der Waals surface area contributed by atoms with E-state index in [0.717, 1.165) is 41.7 Å². The highest BCUT2D eigenvalue weighted by molar-refractivity contribution is 5.92. The number of nitro groups is 1. The van der Waals surface area contributed by atoms with Crippen molar-refractivity contribution < 1.29 is 18.8 Å². The smallest absolute Gasteiger partial charge is 0.311 e. The van der Waals surface area contributed by atoms with Crippen LogP contribution in [-0.2, 0) is 19.8 Å². The first-order chi connectivity index (χ1) is 14.7. The minimum Gasteiger partial charge on any atom is -0.464 e. The highest BCUT2D eigenvalue weighted by Gasteiger charge is 2.20. The second-order valence-corrected chi connectivity index (χ2v) is 7.01. The van der Waals surface area contributed by atoms with Crippen LogP contribution >= 0.6 is 0 Å². The van der Waals surface area contributed by atoms with Crippen LogP contribution in [0, 0.1) is 29.8 Å². The molecule has 1 aromatic carbocycles. The maximum absolute atomic E-state index is 13.4. The fourth-order valence-electron chi connectivity index (χ4n) is 3.21. The van der Waals surface area contributed by atoms with E-state index in [1.54, 1.807) is 11.9 Å². The van der Waals surface area contributed by atoms with Crippen molar-refractivity contribution >= 4 is 11.6 Å². The van der Waals surface area contributed by atoms with Gasteiger partial charge in [-0.3, -0.25) is 19.6 Å². The predicted octanol–water partition coefficient (Wildman–Crippen LogP) is 3.07. The molecule has 1 amide bonds. The van der Waals surface area contributed by atoms with Crippen LogP contribution in [0.15, 0.2) is 30.5 Å². The van der Waals surface area contributed by atoms with Gasteiger partial charge in [0.05, 0.1) is 10.6 Å². The summed E-state index contributed by atoms with van der Waals surface area (Å²) in [6, 6.07) is 4.47. The Labute approximate surface area is 178 Å². The lowest BCUT2D eigenvalue weighted by atomic mass is 10.2. The molecule has 0 bridgehead atoms. The highest BCUT2D eigenvalue weighted by Crippen LogP contribution is 2.27. The number of rotatable bonds is 8. The molecule has 11 heteroatoms. The molecule has 0 fully saturated rings. The molecule has 0 spiro atoms. The molecule has 0 radical (unpaired) electrons. The SMILES string of the molecule is CCn1nc(C)c(CN(C)C(=O)c2ccn(COc3cc(F)ccc3[N+](=O)[O-])n2)c1C. The Morgan fingerprint density at radius 3 is 2.68 bits per heavy atom. The lowest BCUT2D eigenvalue weighted by molar-refractivity contribution is -0.386. The van der Waals surface area contributed by atoms with Gasteiger partial charge in [0.15, 0.2) is 12.4 Å². The van der Waals surface area contributed by atoms with Crippen molar-refractivity contribution in [2.45, 2.75) is 40.6 Å². The van der Waals surface area contributed by atoms with Crippen LogP contribution in [-0.4, -0.2) is 42.3 Å². The number of carbonyl (C=O) groups is 1. The fourth-order valence-corrected chi connectivity index (χ4v) is 3.21. The van der Waals surface area contributed by atoms with Gasteiger partial charge in [0.2, 0.25) is 5.75 Å². The number of amides is 1. The van der Waals surface area contributed by atoms with Gasteiger partial charge in [-0.1, -0.05) is 0 Å². The first-order valence-corrected chi connectivity index (χ1v) is 9.59. The topological polar surface area (TPSA) is 108 Å². The van der Waals surface area contributed by atoms with Crippen LogP contribution in [0.5, 0.6) is 5.75 Å². The van der Waals surface area contributed by atoms with E-state index in [1.807, 2.05) is 25.5 Å². The molecule has 0 N–H and O–H groups in total. The summed E-state index contributed by atoms with van der Waals surface area (Å²) in [5.41, 5.74) is 2.70. The zero-order valence-electron chi connectivity index (χ0n) is 17.7. The molecular formula is C20H23FN6O4. The predicted molar refractivity (Wildman–Crippen MR) is 109 cm³/mol. The van der Waals surface area contributed by atoms with Gasteiger partial charge in [-0.05, 0) is 32.9 Å². The molecule has 0 unspecified atom stereocenters. The molecule has 0 saturated heterocycles. The Morgan fingerprint density at radius 1 is 1.29 bits per heavy atom. The molecule has 3 aromatic rings. The molecule has 0 aliphatic rings. The minimum absolute atomic E-state index is 0.193. The normalized spacial score (nSPS) is 10.9. The van der Waals surface area contributed by atoms with Gasteiger partial charge in [-0.15, -0.1) is 0 Å². The molecule has 0 atom stereocenters. The number of nitro benzene ring substituents is 1. The van der Waals surface area contributed by atoms with E-state index in [-0.39, 0.29) is 29.8 Å².